The van der Waals surface area contributed by atoms with Crippen LogP contribution in [0.4, 0.5) is 5.69 Å². The molecule has 2 unspecified atom stereocenters. The first-order valence-corrected chi connectivity index (χ1v) is 6.55. The van der Waals surface area contributed by atoms with Crippen LogP contribution in [0.2, 0.25) is 0 Å². The molecule has 0 saturated carbocycles. The highest BCUT2D eigenvalue weighted by molar-refractivity contribution is 9.10. The second-order valence-corrected chi connectivity index (χ2v) is 5.22. The molecule has 1 saturated heterocycles. The highest BCUT2D eigenvalue weighted by atomic mass is 79.9. The summed E-state index contributed by atoms with van der Waals surface area (Å²) in [5.74, 6) is -0.182. The Kier molecular flexibility index (Phi) is 4.00. The molecule has 1 aliphatic heterocycles. The fourth-order valence-electron chi connectivity index (χ4n) is 1.93. The Labute approximate surface area is 114 Å². The number of anilines is 1. The topological polar surface area (TPSA) is 62.1 Å². The van der Waals surface area contributed by atoms with E-state index in [1.54, 1.807) is 18.2 Å². The Morgan fingerprint density at radius 3 is 2.94 bits per heavy atom. The van der Waals surface area contributed by atoms with Crippen molar-refractivity contribution in [1.29, 1.82) is 5.26 Å². The molecule has 1 fully saturated rings. The number of ether oxygens (including phenoxy) is 1. The number of hydrogen-bond donors (Lipinski definition) is 1. The Morgan fingerprint density at radius 2 is 2.33 bits per heavy atom. The van der Waals surface area contributed by atoms with Crippen molar-refractivity contribution in [1.82, 2.24) is 0 Å². The van der Waals surface area contributed by atoms with E-state index in [1.165, 1.54) is 0 Å². The third kappa shape index (κ3) is 2.89. The van der Waals surface area contributed by atoms with E-state index in [-0.39, 0.29) is 12.0 Å². The molecule has 1 aromatic carbocycles. The fraction of sp³-hybridized carbons (Fsp3) is 0.385. The molecule has 1 heterocycles. The predicted molar refractivity (Wildman–Crippen MR) is 71.1 cm³/mol. The number of amides is 1. The largest absolute Gasteiger partial charge is 0.365 e. The Hall–Kier alpha value is -1.38. The molecule has 1 N–H and O–H groups in total. The standard InChI is InChI=1S/C13H13BrN2O2/c1-8-2-5-12(18-8)13(17)16-11-4-3-10(14)6-9(11)7-15/h3-4,6,8,12H,2,5H2,1H3,(H,16,17). The van der Waals surface area contributed by atoms with Crippen LogP contribution in [-0.4, -0.2) is 18.1 Å². The van der Waals surface area contributed by atoms with Gasteiger partial charge >= 0.3 is 0 Å². The second kappa shape index (κ2) is 5.51. The summed E-state index contributed by atoms with van der Waals surface area (Å²) in [7, 11) is 0. The van der Waals surface area contributed by atoms with Gasteiger partial charge in [0.05, 0.1) is 17.4 Å². The van der Waals surface area contributed by atoms with Crippen LogP contribution in [0.3, 0.4) is 0 Å². The first-order chi connectivity index (χ1) is 8.60. The number of hydrogen-bond acceptors (Lipinski definition) is 3. The van der Waals surface area contributed by atoms with Gasteiger partial charge < -0.3 is 10.1 Å². The van der Waals surface area contributed by atoms with E-state index in [0.717, 1.165) is 17.3 Å². The minimum Gasteiger partial charge on any atom is -0.365 e. The highest BCUT2D eigenvalue weighted by Gasteiger charge is 2.28. The van der Waals surface area contributed by atoms with Gasteiger partial charge in [-0.2, -0.15) is 5.26 Å². The van der Waals surface area contributed by atoms with Gasteiger partial charge in [0, 0.05) is 4.47 Å². The average Bonchev–Trinajstić information content (AvgIpc) is 2.78. The van der Waals surface area contributed by atoms with Crippen LogP contribution in [0.5, 0.6) is 0 Å². The van der Waals surface area contributed by atoms with Crippen molar-refractivity contribution in [2.24, 2.45) is 0 Å². The van der Waals surface area contributed by atoms with Gasteiger partial charge in [-0.15, -0.1) is 0 Å². The molecule has 1 aliphatic rings. The molecule has 18 heavy (non-hydrogen) atoms. The van der Waals surface area contributed by atoms with Crippen molar-refractivity contribution < 1.29 is 9.53 Å². The molecule has 5 heteroatoms. The lowest BCUT2D eigenvalue weighted by Crippen LogP contribution is -2.28. The molecule has 0 radical (unpaired) electrons. The molecule has 0 aliphatic carbocycles. The van der Waals surface area contributed by atoms with Crippen molar-refractivity contribution in [3.05, 3.63) is 28.2 Å². The number of nitriles is 1. The first-order valence-electron chi connectivity index (χ1n) is 5.76. The summed E-state index contributed by atoms with van der Waals surface area (Å²) in [6.07, 6.45) is 1.34. The summed E-state index contributed by atoms with van der Waals surface area (Å²) in [4.78, 5) is 12.0. The number of carbonyl (C=O) groups is 1. The third-order valence-corrected chi connectivity index (χ3v) is 3.38. The summed E-state index contributed by atoms with van der Waals surface area (Å²) < 4.78 is 6.30. The predicted octanol–water partition coefficient (Wildman–Crippen LogP) is 2.83. The summed E-state index contributed by atoms with van der Waals surface area (Å²) in [6, 6.07) is 7.22. The van der Waals surface area contributed by atoms with Gasteiger partial charge in [-0.1, -0.05) is 15.9 Å². The van der Waals surface area contributed by atoms with Crippen molar-refractivity contribution in [2.75, 3.05) is 5.32 Å². The minimum absolute atomic E-state index is 0.126. The van der Waals surface area contributed by atoms with Crippen molar-refractivity contribution >= 4 is 27.5 Å². The molecule has 0 bridgehead atoms. The molecule has 1 amide bonds. The average molecular weight is 309 g/mol. The van der Waals surface area contributed by atoms with Gasteiger partial charge in [-0.05, 0) is 38.0 Å². The van der Waals surface area contributed by atoms with Crippen molar-refractivity contribution in [3.8, 4) is 6.07 Å². The third-order valence-electron chi connectivity index (χ3n) is 2.88. The van der Waals surface area contributed by atoms with E-state index in [2.05, 4.69) is 27.3 Å². The number of carbonyl (C=O) groups excluding carboxylic acids is 1. The first kappa shape index (κ1) is 13.1. The second-order valence-electron chi connectivity index (χ2n) is 4.30. The van der Waals surface area contributed by atoms with E-state index in [4.69, 9.17) is 10.00 Å². The summed E-state index contributed by atoms with van der Waals surface area (Å²) in [5, 5.41) is 11.8. The zero-order valence-corrected chi connectivity index (χ0v) is 11.5. The Balaban J connectivity index is 2.10. The van der Waals surface area contributed by atoms with Crippen molar-refractivity contribution in [3.63, 3.8) is 0 Å². The maximum atomic E-state index is 12.0. The lowest BCUT2D eigenvalue weighted by molar-refractivity contribution is -0.126. The Morgan fingerprint density at radius 1 is 1.56 bits per heavy atom. The molecule has 1 aromatic rings. The molecule has 0 spiro atoms. The summed E-state index contributed by atoms with van der Waals surface area (Å²) >= 11 is 3.29. The van der Waals surface area contributed by atoms with E-state index >= 15 is 0 Å². The highest BCUT2D eigenvalue weighted by Crippen LogP contribution is 2.23. The lowest BCUT2D eigenvalue weighted by Gasteiger charge is -2.12. The van der Waals surface area contributed by atoms with E-state index in [9.17, 15) is 4.79 Å². The van der Waals surface area contributed by atoms with Crippen LogP contribution in [0, 0.1) is 11.3 Å². The monoisotopic (exact) mass is 308 g/mol. The van der Waals surface area contributed by atoms with E-state index in [1.807, 2.05) is 6.92 Å². The van der Waals surface area contributed by atoms with Crippen LogP contribution >= 0.6 is 15.9 Å². The lowest BCUT2D eigenvalue weighted by atomic mass is 10.1. The van der Waals surface area contributed by atoms with Gasteiger partial charge in [0.1, 0.15) is 12.2 Å². The zero-order chi connectivity index (χ0) is 13.1. The maximum Gasteiger partial charge on any atom is 0.253 e. The minimum atomic E-state index is -0.407. The zero-order valence-electron chi connectivity index (χ0n) is 9.94. The number of benzene rings is 1. The van der Waals surface area contributed by atoms with Gasteiger partial charge in [-0.3, -0.25) is 4.79 Å². The molecule has 4 nitrogen and oxygen atoms in total. The number of rotatable bonds is 2. The van der Waals surface area contributed by atoms with E-state index < -0.39 is 6.10 Å². The van der Waals surface area contributed by atoms with Crippen LogP contribution in [0.15, 0.2) is 22.7 Å². The summed E-state index contributed by atoms with van der Waals surface area (Å²) in [5.41, 5.74) is 0.956. The number of nitrogens with one attached hydrogen (secondary N) is 1. The number of halogens is 1. The fourth-order valence-corrected chi connectivity index (χ4v) is 2.29. The molecule has 2 rings (SSSR count). The smallest absolute Gasteiger partial charge is 0.253 e. The van der Waals surface area contributed by atoms with Gasteiger partial charge in [0.25, 0.3) is 5.91 Å². The molecule has 0 aromatic heterocycles. The molecule has 94 valence electrons. The van der Waals surface area contributed by atoms with Crippen LogP contribution in [-0.2, 0) is 9.53 Å². The maximum absolute atomic E-state index is 12.0. The van der Waals surface area contributed by atoms with E-state index in [0.29, 0.717) is 11.3 Å². The normalized spacial score (nSPS) is 22.5. The number of nitrogens with zero attached hydrogens (tertiary/aromatic N) is 1. The van der Waals surface area contributed by atoms with Gasteiger partial charge in [0.15, 0.2) is 0 Å². The molecular formula is C13H13BrN2O2. The van der Waals surface area contributed by atoms with Crippen LogP contribution < -0.4 is 5.32 Å². The SMILES string of the molecule is CC1CCC(C(=O)Nc2ccc(Br)cc2C#N)O1. The summed E-state index contributed by atoms with van der Waals surface area (Å²) in [6.45, 7) is 1.95. The Bertz CT molecular complexity index is 510. The van der Waals surface area contributed by atoms with Crippen molar-refractivity contribution in [2.45, 2.75) is 32.0 Å². The molecular weight excluding hydrogens is 296 g/mol. The van der Waals surface area contributed by atoms with Crippen LogP contribution in [0.1, 0.15) is 25.3 Å². The molecule has 2 atom stereocenters. The van der Waals surface area contributed by atoms with Crippen LogP contribution in [0.25, 0.3) is 0 Å². The quantitative estimate of drug-likeness (QED) is 0.914. The van der Waals surface area contributed by atoms with Gasteiger partial charge in [0.2, 0.25) is 0 Å². The van der Waals surface area contributed by atoms with Gasteiger partial charge in [-0.25, -0.2) is 0 Å².